The van der Waals surface area contributed by atoms with Crippen LogP contribution in [0.4, 0.5) is 8.78 Å². The Labute approximate surface area is 184 Å². The molecule has 2 atom stereocenters. The van der Waals surface area contributed by atoms with Crippen LogP contribution in [0, 0.1) is 6.92 Å². The van der Waals surface area contributed by atoms with E-state index < -0.39 is 41.9 Å². The van der Waals surface area contributed by atoms with Gasteiger partial charge >= 0.3 is 11.9 Å². The molecular formula is C20H26ClF2N2O5P. The number of aromatic nitrogens is 2. The monoisotopic (exact) mass is 478 g/mol. The summed E-state index contributed by atoms with van der Waals surface area (Å²) in [7, 11) is -3.52. The van der Waals surface area contributed by atoms with Crippen molar-refractivity contribution in [1.82, 2.24) is 10.1 Å². The molecule has 0 aliphatic heterocycles. The molecule has 1 aromatic carbocycles. The van der Waals surface area contributed by atoms with Gasteiger partial charge in [0.25, 0.3) is 0 Å². The number of carbonyl (C=O) groups excluding carboxylic acids is 1. The summed E-state index contributed by atoms with van der Waals surface area (Å²) in [6.45, 7) is 9.65. The van der Waals surface area contributed by atoms with Gasteiger partial charge in [0.2, 0.25) is 19.1 Å². The summed E-state index contributed by atoms with van der Waals surface area (Å²) in [5.41, 5.74) is -1.90. The lowest BCUT2D eigenvalue weighted by atomic mass is 10.1. The first kappa shape index (κ1) is 25.4. The van der Waals surface area contributed by atoms with Crippen molar-refractivity contribution in [2.45, 2.75) is 58.2 Å². The van der Waals surface area contributed by atoms with E-state index in [1.165, 1.54) is 18.8 Å². The fourth-order valence-corrected chi connectivity index (χ4v) is 4.50. The standard InChI is InChI=1S/C20H26ClF2N2O5P/c1-7-28-31(6,27)15(17(26)29-19(3,4)5)11-16-24-18(25-30-16)20(22,23)13-9-8-12(2)14(21)10-13/h8-10,15H,7,11H2,1-6H3. The highest BCUT2D eigenvalue weighted by Gasteiger charge is 2.43. The minimum Gasteiger partial charge on any atom is -0.459 e. The number of rotatable bonds is 8. The summed E-state index contributed by atoms with van der Waals surface area (Å²) in [4.78, 5) is 16.4. The second-order valence-corrected chi connectivity index (χ2v) is 11.2. The van der Waals surface area contributed by atoms with E-state index in [0.29, 0.717) is 5.56 Å². The summed E-state index contributed by atoms with van der Waals surface area (Å²) >= 11 is 5.95. The zero-order valence-corrected chi connectivity index (χ0v) is 19.9. The molecule has 1 heterocycles. The molecule has 1 aromatic heterocycles. The Morgan fingerprint density at radius 3 is 2.52 bits per heavy atom. The first-order valence-electron chi connectivity index (χ1n) is 9.59. The number of esters is 1. The van der Waals surface area contributed by atoms with Crippen molar-refractivity contribution in [3.8, 4) is 0 Å². The third-order valence-electron chi connectivity index (χ3n) is 4.28. The highest BCUT2D eigenvalue weighted by atomic mass is 35.5. The maximum absolute atomic E-state index is 14.9. The van der Waals surface area contributed by atoms with E-state index in [0.717, 1.165) is 6.07 Å². The molecular weight excluding hydrogens is 453 g/mol. The Hall–Kier alpha value is -1.83. The van der Waals surface area contributed by atoms with E-state index in [4.69, 9.17) is 25.4 Å². The van der Waals surface area contributed by atoms with E-state index in [-0.39, 0.29) is 23.9 Å². The van der Waals surface area contributed by atoms with Crippen LogP contribution in [0.25, 0.3) is 0 Å². The van der Waals surface area contributed by atoms with Gasteiger partial charge in [-0.3, -0.25) is 9.36 Å². The Kier molecular flexibility index (Phi) is 7.67. The van der Waals surface area contributed by atoms with Crippen LogP contribution < -0.4 is 0 Å². The van der Waals surface area contributed by atoms with Crippen molar-refractivity contribution in [2.75, 3.05) is 13.3 Å². The first-order valence-corrected chi connectivity index (χ1v) is 12.1. The van der Waals surface area contributed by atoms with Gasteiger partial charge in [0.15, 0.2) is 0 Å². The molecule has 0 spiro atoms. The minimum atomic E-state index is -3.59. The summed E-state index contributed by atoms with van der Waals surface area (Å²) in [6, 6.07) is 3.81. The largest absolute Gasteiger partial charge is 0.459 e. The van der Waals surface area contributed by atoms with E-state index in [9.17, 15) is 18.1 Å². The van der Waals surface area contributed by atoms with Crippen molar-refractivity contribution in [3.63, 3.8) is 0 Å². The molecule has 0 amide bonds. The fraction of sp³-hybridized carbons (Fsp3) is 0.550. The Bertz CT molecular complexity index is 990. The van der Waals surface area contributed by atoms with Crippen molar-refractivity contribution < 1.29 is 31.9 Å². The maximum Gasteiger partial charge on any atom is 0.335 e. The second kappa shape index (κ2) is 9.35. The lowest BCUT2D eigenvalue weighted by molar-refractivity contribution is -0.154. The fourth-order valence-electron chi connectivity index (χ4n) is 2.70. The van der Waals surface area contributed by atoms with Crippen LogP contribution in [0.2, 0.25) is 5.02 Å². The SMILES string of the molecule is CCOP(C)(=O)C(Cc1nc(C(F)(F)c2ccc(C)c(Cl)c2)no1)C(=O)OC(C)(C)C. The number of alkyl halides is 2. The number of aryl methyl sites for hydroxylation is 1. The number of carbonyl (C=O) groups is 1. The highest BCUT2D eigenvalue weighted by molar-refractivity contribution is 7.60. The molecule has 2 rings (SSSR count). The normalized spacial score (nSPS) is 15.4. The highest BCUT2D eigenvalue weighted by Crippen LogP contribution is 2.50. The number of hydrogen-bond donors (Lipinski definition) is 0. The van der Waals surface area contributed by atoms with Crippen molar-refractivity contribution in [2.24, 2.45) is 0 Å². The molecule has 0 radical (unpaired) electrons. The quantitative estimate of drug-likeness (QED) is 0.372. The molecule has 2 unspecified atom stereocenters. The van der Waals surface area contributed by atoms with Gasteiger partial charge in [0, 0.05) is 23.7 Å². The Balaban J connectivity index is 2.34. The predicted octanol–water partition coefficient (Wildman–Crippen LogP) is 5.37. The van der Waals surface area contributed by atoms with Gasteiger partial charge in [-0.15, -0.1) is 0 Å². The number of halogens is 3. The van der Waals surface area contributed by atoms with Crippen molar-refractivity contribution in [1.29, 1.82) is 0 Å². The van der Waals surface area contributed by atoms with Gasteiger partial charge in [-0.25, -0.2) is 0 Å². The van der Waals surface area contributed by atoms with Crippen LogP contribution in [-0.4, -0.2) is 40.6 Å². The predicted molar refractivity (Wildman–Crippen MR) is 112 cm³/mol. The van der Waals surface area contributed by atoms with Gasteiger partial charge in [0.1, 0.15) is 11.3 Å². The zero-order chi connectivity index (χ0) is 23.6. The molecule has 0 bridgehead atoms. The van der Waals surface area contributed by atoms with Crippen molar-refractivity contribution in [3.05, 3.63) is 46.1 Å². The molecule has 0 saturated carbocycles. The summed E-state index contributed by atoms with van der Waals surface area (Å²) < 4.78 is 58.3. The average molecular weight is 479 g/mol. The molecule has 7 nitrogen and oxygen atoms in total. The van der Waals surface area contributed by atoms with Crippen LogP contribution in [0.15, 0.2) is 22.7 Å². The molecule has 0 N–H and O–H groups in total. The van der Waals surface area contributed by atoms with Gasteiger partial charge in [-0.05, 0) is 46.2 Å². The smallest absolute Gasteiger partial charge is 0.335 e. The molecule has 0 saturated heterocycles. The lowest BCUT2D eigenvalue weighted by Gasteiger charge is -2.26. The molecule has 31 heavy (non-hydrogen) atoms. The molecule has 11 heteroatoms. The van der Waals surface area contributed by atoms with E-state index in [1.54, 1.807) is 34.6 Å². The topological polar surface area (TPSA) is 91.5 Å². The van der Waals surface area contributed by atoms with E-state index in [2.05, 4.69) is 10.1 Å². The molecule has 0 aliphatic rings. The zero-order valence-electron chi connectivity index (χ0n) is 18.2. The van der Waals surface area contributed by atoms with Gasteiger partial charge in [-0.2, -0.15) is 13.8 Å². The third-order valence-corrected chi connectivity index (χ3v) is 6.99. The summed E-state index contributed by atoms with van der Waals surface area (Å²) in [5, 5.41) is 3.55. The van der Waals surface area contributed by atoms with Gasteiger partial charge in [-0.1, -0.05) is 28.9 Å². The average Bonchev–Trinajstić information content (AvgIpc) is 3.09. The van der Waals surface area contributed by atoms with E-state index >= 15 is 0 Å². The van der Waals surface area contributed by atoms with Crippen LogP contribution >= 0.6 is 19.0 Å². The number of benzene rings is 1. The summed E-state index contributed by atoms with van der Waals surface area (Å²) in [6.07, 6.45) is -0.375. The van der Waals surface area contributed by atoms with Gasteiger partial charge in [0.05, 0.1) is 6.61 Å². The second-order valence-electron chi connectivity index (χ2n) is 8.13. The van der Waals surface area contributed by atoms with Crippen molar-refractivity contribution >= 4 is 24.9 Å². The van der Waals surface area contributed by atoms with Crippen LogP contribution in [0.5, 0.6) is 0 Å². The minimum absolute atomic E-state index is 0.0917. The summed E-state index contributed by atoms with van der Waals surface area (Å²) in [5.74, 6) is -5.57. The van der Waals surface area contributed by atoms with Crippen LogP contribution in [0.1, 0.15) is 50.5 Å². The molecule has 172 valence electrons. The Morgan fingerprint density at radius 1 is 1.32 bits per heavy atom. The third kappa shape index (κ3) is 6.34. The van der Waals surface area contributed by atoms with E-state index in [1.807, 2.05) is 0 Å². The maximum atomic E-state index is 14.9. The first-order chi connectivity index (χ1) is 14.2. The van der Waals surface area contributed by atoms with Crippen LogP contribution in [0.3, 0.4) is 0 Å². The molecule has 0 aliphatic carbocycles. The molecule has 0 fully saturated rings. The Morgan fingerprint density at radius 2 is 1.97 bits per heavy atom. The number of ether oxygens (including phenoxy) is 1. The lowest BCUT2D eigenvalue weighted by Crippen LogP contribution is -2.33. The number of hydrogen-bond acceptors (Lipinski definition) is 7. The number of nitrogens with zero attached hydrogens (tertiary/aromatic N) is 2. The van der Waals surface area contributed by atoms with Gasteiger partial charge < -0.3 is 13.8 Å². The van der Waals surface area contributed by atoms with Crippen LogP contribution in [-0.2, 0) is 31.0 Å². The molecule has 2 aromatic rings.